The van der Waals surface area contributed by atoms with Crippen molar-refractivity contribution in [3.63, 3.8) is 0 Å². The van der Waals surface area contributed by atoms with Gasteiger partial charge in [0.05, 0.1) is 27.4 Å². The van der Waals surface area contributed by atoms with E-state index in [4.69, 9.17) is 4.74 Å². The third kappa shape index (κ3) is 5.01. The molecule has 0 aliphatic carbocycles. The number of halogens is 3. The molecule has 1 aromatic heterocycles. The quantitative estimate of drug-likeness (QED) is 0.725. The molecule has 1 unspecified atom stereocenters. The van der Waals surface area contributed by atoms with Gasteiger partial charge in [0.15, 0.2) is 0 Å². The Bertz CT molecular complexity index is 824. The zero-order chi connectivity index (χ0) is 20.3. The number of methoxy groups -OCH3 is 1. The number of carbonyl (C=O) groups is 1. The first-order valence-corrected chi connectivity index (χ1v) is 10.1. The smallest absolute Gasteiger partial charge is 0.383 e. The summed E-state index contributed by atoms with van der Waals surface area (Å²) in [4.78, 5) is 21.0. The van der Waals surface area contributed by atoms with Gasteiger partial charge in [-0.15, -0.1) is 11.3 Å². The second kappa shape index (κ2) is 8.75. The van der Waals surface area contributed by atoms with Gasteiger partial charge in [-0.3, -0.25) is 9.69 Å². The topological polar surface area (TPSA) is 45.7 Å². The average molecular weight is 415 g/mol. The Labute approximate surface area is 166 Å². The molecular weight excluding hydrogens is 391 g/mol. The fourth-order valence-electron chi connectivity index (χ4n) is 3.39. The Kier molecular flexibility index (Phi) is 6.57. The molecule has 0 saturated carbocycles. The van der Waals surface area contributed by atoms with Crippen molar-refractivity contribution in [3.8, 4) is 0 Å². The standard InChI is InChI=1S/C19H24F3N3O2S/c1-13-12-25(8-7-24(13)9-10-27-2)18(26)6-5-17-23-15-11-14(19(20,21)22)3-4-16(15)28-17/h3-4,11,13H,5-10,12H2,1-2H3. The Balaban J connectivity index is 1.56. The van der Waals surface area contributed by atoms with E-state index in [1.807, 2.05) is 4.90 Å². The van der Waals surface area contributed by atoms with E-state index in [9.17, 15) is 18.0 Å². The number of hydrogen-bond acceptors (Lipinski definition) is 5. The zero-order valence-electron chi connectivity index (χ0n) is 16.0. The molecule has 0 radical (unpaired) electrons. The lowest BCUT2D eigenvalue weighted by Crippen LogP contribution is -2.54. The van der Waals surface area contributed by atoms with Crippen LogP contribution in [0.2, 0.25) is 0 Å². The van der Waals surface area contributed by atoms with Crippen molar-refractivity contribution in [2.45, 2.75) is 32.0 Å². The maximum Gasteiger partial charge on any atom is 0.416 e. The van der Waals surface area contributed by atoms with E-state index in [1.54, 1.807) is 7.11 Å². The van der Waals surface area contributed by atoms with Crippen LogP contribution in [0.5, 0.6) is 0 Å². The predicted molar refractivity (Wildman–Crippen MR) is 102 cm³/mol. The second-order valence-corrected chi connectivity index (χ2v) is 8.12. The summed E-state index contributed by atoms with van der Waals surface area (Å²) in [7, 11) is 1.68. The SMILES string of the molecule is COCCN1CCN(C(=O)CCc2nc3cc(C(F)(F)F)ccc3s2)CC1C. The highest BCUT2D eigenvalue weighted by Gasteiger charge is 2.31. The van der Waals surface area contributed by atoms with Gasteiger partial charge >= 0.3 is 6.18 Å². The van der Waals surface area contributed by atoms with Gasteiger partial charge in [0.1, 0.15) is 0 Å². The molecule has 1 aliphatic rings. The van der Waals surface area contributed by atoms with E-state index >= 15 is 0 Å². The molecule has 0 spiro atoms. The summed E-state index contributed by atoms with van der Waals surface area (Å²) < 4.78 is 44.3. The summed E-state index contributed by atoms with van der Waals surface area (Å²) in [5.41, 5.74) is -0.365. The summed E-state index contributed by atoms with van der Waals surface area (Å²) in [6.07, 6.45) is -3.62. The Hall–Kier alpha value is -1.71. The van der Waals surface area contributed by atoms with Crippen LogP contribution < -0.4 is 0 Å². The van der Waals surface area contributed by atoms with Crippen LogP contribution in [0.25, 0.3) is 10.2 Å². The van der Waals surface area contributed by atoms with Gasteiger partial charge in [0, 0.05) is 52.2 Å². The first-order valence-electron chi connectivity index (χ1n) is 9.25. The van der Waals surface area contributed by atoms with Gasteiger partial charge in [-0.2, -0.15) is 13.2 Å². The van der Waals surface area contributed by atoms with Crippen molar-refractivity contribution in [2.75, 3.05) is 39.9 Å². The van der Waals surface area contributed by atoms with Crippen LogP contribution in [0.15, 0.2) is 18.2 Å². The highest BCUT2D eigenvalue weighted by Crippen LogP contribution is 2.33. The number of amides is 1. The molecule has 5 nitrogen and oxygen atoms in total. The highest BCUT2D eigenvalue weighted by atomic mass is 32.1. The second-order valence-electron chi connectivity index (χ2n) is 7.01. The number of thiazole rings is 1. The summed E-state index contributed by atoms with van der Waals surface area (Å²) in [5, 5.41) is 0.689. The molecule has 1 amide bonds. The fraction of sp³-hybridized carbons (Fsp3) is 0.579. The molecule has 1 aromatic carbocycles. The Morgan fingerprint density at radius 3 is 2.82 bits per heavy atom. The van der Waals surface area contributed by atoms with Crippen molar-refractivity contribution >= 4 is 27.5 Å². The third-order valence-electron chi connectivity index (χ3n) is 5.01. The summed E-state index contributed by atoms with van der Waals surface area (Å²) in [6.45, 7) is 5.80. The molecule has 3 rings (SSSR count). The van der Waals surface area contributed by atoms with Gasteiger partial charge < -0.3 is 9.64 Å². The van der Waals surface area contributed by atoms with Crippen LogP contribution in [0.4, 0.5) is 13.2 Å². The Morgan fingerprint density at radius 1 is 1.36 bits per heavy atom. The highest BCUT2D eigenvalue weighted by molar-refractivity contribution is 7.18. The maximum absolute atomic E-state index is 12.8. The van der Waals surface area contributed by atoms with Crippen molar-refractivity contribution in [2.24, 2.45) is 0 Å². The average Bonchev–Trinajstić information content (AvgIpc) is 3.06. The molecule has 28 heavy (non-hydrogen) atoms. The molecule has 9 heteroatoms. The monoisotopic (exact) mass is 415 g/mol. The van der Waals surface area contributed by atoms with E-state index < -0.39 is 11.7 Å². The van der Waals surface area contributed by atoms with Gasteiger partial charge in [0.25, 0.3) is 0 Å². The molecule has 1 fully saturated rings. The molecule has 2 aromatic rings. The maximum atomic E-state index is 12.8. The molecule has 1 aliphatic heterocycles. The molecule has 0 bridgehead atoms. The lowest BCUT2D eigenvalue weighted by molar-refractivity contribution is -0.137. The summed E-state index contributed by atoms with van der Waals surface area (Å²) in [6, 6.07) is 3.86. The first kappa shape index (κ1) is 21.0. The van der Waals surface area contributed by atoms with Crippen LogP contribution in [-0.4, -0.2) is 66.6 Å². The molecule has 0 N–H and O–H groups in total. The Morgan fingerprint density at radius 2 is 2.14 bits per heavy atom. The zero-order valence-corrected chi connectivity index (χ0v) is 16.8. The molecule has 1 saturated heterocycles. The number of hydrogen-bond donors (Lipinski definition) is 0. The largest absolute Gasteiger partial charge is 0.416 e. The number of benzene rings is 1. The molecule has 2 heterocycles. The van der Waals surface area contributed by atoms with Crippen LogP contribution >= 0.6 is 11.3 Å². The minimum atomic E-state index is -4.38. The number of aryl methyl sites for hydroxylation is 1. The minimum absolute atomic E-state index is 0.0634. The number of rotatable bonds is 6. The van der Waals surface area contributed by atoms with E-state index in [-0.39, 0.29) is 11.9 Å². The number of piperazine rings is 1. The molecule has 1 atom stereocenters. The van der Waals surface area contributed by atoms with Crippen molar-refractivity contribution in [3.05, 3.63) is 28.8 Å². The summed E-state index contributed by atoms with van der Waals surface area (Å²) >= 11 is 1.34. The number of ether oxygens (including phenoxy) is 1. The third-order valence-corrected chi connectivity index (χ3v) is 6.11. The lowest BCUT2D eigenvalue weighted by atomic mass is 10.1. The van der Waals surface area contributed by atoms with Crippen LogP contribution in [0.3, 0.4) is 0 Å². The van der Waals surface area contributed by atoms with Gasteiger partial charge in [-0.1, -0.05) is 0 Å². The normalized spacial score (nSPS) is 18.8. The van der Waals surface area contributed by atoms with Crippen molar-refractivity contribution < 1.29 is 22.7 Å². The molecular formula is C19H24F3N3O2S. The number of alkyl halides is 3. The minimum Gasteiger partial charge on any atom is -0.383 e. The van der Waals surface area contributed by atoms with Crippen molar-refractivity contribution in [1.82, 2.24) is 14.8 Å². The van der Waals surface area contributed by atoms with E-state index in [0.717, 1.165) is 25.2 Å². The van der Waals surface area contributed by atoms with E-state index in [2.05, 4.69) is 16.8 Å². The van der Waals surface area contributed by atoms with Crippen LogP contribution in [-0.2, 0) is 22.1 Å². The van der Waals surface area contributed by atoms with Gasteiger partial charge in [-0.05, 0) is 25.1 Å². The van der Waals surface area contributed by atoms with E-state index in [0.29, 0.717) is 47.8 Å². The fourth-order valence-corrected chi connectivity index (χ4v) is 4.34. The van der Waals surface area contributed by atoms with E-state index in [1.165, 1.54) is 17.4 Å². The number of carbonyl (C=O) groups excluding carboxylic acids is 1. The molecule has 154 valence electrons. The predicted octanol–water partition coefficient (Wildman–Crippen LogP) is 3.43. The number of fused-ring (bicyclic) bond motifs is 1. The number of nitrogens with zero attached hydrogens (tertiary/aromatic N) is 3. The number of aromatic nitrogens is 1. The van der Waals surface area contributed by atoms with Gasteiger partial charge in [0.2, 0.25) is 5.91 Å². The van der Waals surface area contributed by atoms with Crippen LogP contribution in [0, 0.1) is 0 Å². The first-order chi connectivity index (χ1) is 13.3. The lowest BCUT2D eigenvalue weighted by Gasteiger charge is -2.39. The van der Waals surface area contributed by atoms with Crippen molar-refractivity contribution in [1.29, 1.82) is 0 Å². The summed E-state index contributed by atoms with van der Waals surface area (Å²) in [5.74, 6) is 0.0634. The van der Waals surface area contributed by atoms with Gasteiger partial charge in [-0.25, -0.2) is 4.98 Å². The van der Waals surface area contributed by atoms with Crippen LogP contribution in [0.1, 0.15) is 23.9 Å².